The minimum atomic E-state index is -4.70. The van der Waals surface area contributed by atoms with Gasteiger partial charge < -0.3 is 10.1 Å². The molecule has 0 aromatic heterocycles. The zero-order valence-electron chi connectivity index (χ0n) is 8.25. The summed E-state index contributed by atoms with van der Waals surface area (Å²) in [5, 5.41) is 2.37. The molecule has 3 nitrogen and oxygen atoms in total. The highest BCUT2D eigenvalue weighted by molar-refractivity contribution is 5.46. The van der Waals surface area contributed by atoms with Gasteiger partial charge in [0.15, 0.2) is 0 Å². The molecule has 0 aliphatic carbocycles. The number of hydrogen-bond donors (Lipinski definition) is 1. The van der Waals surface area contributed by atoms with Gasteiger partial charge in [0.05, 0.1) is 0 Å². The van der Waals surface area contributed by atoms with Gasteiger partial charge in [-0.1, -0.05) is 18.2 Å². The number of para-hydroxylation sites is 1. The van der Waals surface area contributed by atoms with Crippen LogP contribution in [0.4, 0.5) is 13.2 Å². The smallest absolute Gasteiger partial charge is 0.406 e. The van der Waals surface area contributed by atoms with E-state index in [1.807, 2.05) is 0 Å². The molecule has 88 valence electrons. The summed E-state index contributed by atoms with van der Waals surface area (Å²) in [6.07, 6.45) is -3.92. The number of halogens is 3. The van der Waals surface area contributed by atoms with Crippen LogP contribution in [-0.4, -0.2) is 19.3 Å². The first-order valence-corrected chi connectivity index (χ1v) is 4.53. The predicted octanol–water partition coefficient (Wildman–Crippen LogP) is 1.87. The molecule has 0 radical (unpaired) electrons. The quantitative estimate of drug-likeness (QED) is 0.622. The summed E-state index contributed by atoms with van der Waals surface area (Å²) in [5.74, 6) is -0.234. The molecule has 16 heavy (non-hydrogen) atoms. The van der Waals surface area contributed by atoms with Crippen molar-refractivity contribution in [1.82, 2.24) is 5.32 Å². The Bertz CT molecular complexity index is 352. The third kappa shape index (κ3) is 4.20. The van der Waals surface area contributed by atoms with Gasteiger partial charge in [0, 0.05) is 6.54 Å². The van der Waals surface area contributed by atoms with E-state index >= 15 is 0 Å². The highest BCUT2D eigenvalue weighted by Gasteiger charge is 2.31. The van der Waals surface area contributed by atoms with Crippen LogP contribution in [0.3, 0.4) is 0 Å². The van der Waals surface area contributed by atoms with Crippen molar-refractivity contribution in [2.75, 3.05) is 6.54 Å². The van der Waals surface area contributed by atoms with Gasteiger partial charge in [-0.25, -0.2) is 0 Å². The van der Waals surface area contributed by atoms with Crippen molar-refractivity contribution in [3.05, 3.63) is 29.8 Å². The van der Waals surface area contributed by atoms with Crippen LogP contribution in [0, 0.1) is 0 Å². The second-order valence-corrected chi connectivity index (χ2v) is 2.98. The van der Waals surface area contributed by atoms with Gasteiger partial charge in [0.1, 0.15) is 5.75 Å². The van der Waals surface area contributed by atoms with Crippen LogP contribution in [0.5, 0.6) is 5.75 Å². The SMILES string of the molecule is O=CNCCc1ccccc1OC(F)(F)F. The average molecular weight is 233 g/mol. The molecule has 1 aromatic rings. The second-order valence-electron chi connectivity index (χ2n) is 2.98. The van der Waals surface area contributed by atoms with Gasteiger partial charge in [-0.15, -0.1) is 13.2 Å². The van der Waals surface area contributed by atoms with Crippen LogP contribution in [0.15, 0.2) is 24.3 Å². The van der Waals surface area contributed by atoms with Crippen molar-refractivity contribution >= 4 is 6.41 Å². The Morgan fingerprint density at radius 2 is 2.00 bits per heavy atom. The fourth-order valence-electron chi connectivity index (χ4n) is 1.20. The van der Waals surface area contributed by atoms with Gasteiger partial charge in [0.2, 0.25) is 6.41 Å². The number of benzene rings is 1. The summed E-state index contributed by atoms with van der Waals surface area (Å²) in [7, 11) is 0. The molecule has 6 heteroatoms. The third-order valence-corrected chi connectivity index (χ3v) is 1.82. The first-order valence-electron chi connectivity index (χ1n) is 4.53. The largest absolute Gasteiger partial charge is 0.573 e. The Hall–Kier alpha value is -1.72. The molecule has 0 bridgehead atoms. The van der Waals surface area contributed by atoms with Crippen molar-refractivity contribution in [3.8, 4) is 5.75 Å². The molecule has 0 heterocycles. The molecule has 0 aliphatic rings. The summed E-state index contributed by atoms with van der Waals surface area (Å²) in [4.78, 5) is 9.99. The van der Waals surface area contributed by atoms with Crippen LogP contribution in [-0.2, 0) is 11.2 Å². The lowest BCUT2D eigenvalue weighted by Crippen LogP contribution is -2.19. The van der Waals surface area contributed by atoms with Crippen LogP contribution >= 0.6 is 0 Å². The molecule has 0 aliphatic heterocycles. The van der Waals surface area contributed by atoms with E-state index in [-0.39, 0.29) is 18.7 Å². The first-order chi connectivity index (χ1) is 7.53. The van der Waals surface area contributed by atoms with Gasteiger partial charge in [-0.2, -0.15) is 0 Å². The number of amides is 1. The number of rotatable bonds is 5. The fraction of sp³-hybridized carbons (Fsp3) is 0.300. The van der Waals surface area contributed by atoms with Crippen molar-refractivity contribution in [1.29, 1.82) is 0 Å². The Morgan fingerprint density at radius 3 is 2.62 bits per heavy atom. The number of hydrogen-bond acceptors (Lipinski definition) is 2. The highest BCUT2D eigenvalue weighted by Crippen LogP contribution is 2.26. The fourth-order valence-corrected chi connectivity index (χ4v) is 1.20. The maximum Gasteiger partial charge on any atom is 0.573 e. The van der Waals surface area contributed by atoms with E-state index in [0.29, 0.717) is 12.0 Å². The van der Waals surface area contributed by atoms with Crippen LogP contribution < -0.4 is 10.1 Å². The zero-order valence-corrected chi connectivity index (χ0v) is 8.25. The molecule has 1 rings (SSSR count). The zero-order chi connectivity index (χ0) is 12.0. The number of ether oxygens (including phenoxy) is 1. The lowest BCUT2D eigenvalue weighted by molar-refractivity contribution is -0.274. The summed E-state index contributed by atoms with van der Waals surface area (Å²) in [6, 6.07) is 5.83. The van der Waals surface area contributed by atoms with E-state index in [1.54, 1.807) is 6.07 Å². The normalized spacial score (nSPS) is 10.9. The van der Waals surface area contributed by atoms with Crippen LogP contribution in [0.1, 0.15) is 5.56 Å². The Balaban J connectivity index is 2.71. The molecule has 0 saturated heterocycles. The minimum Gasteiger partial charge on any atom is -0.406 e. The van der Waals surface area contributed by atoms with E-state index in [1.165, 1.54) is 18.2 Å². The van der Waals surface area contributed by atoms with Crippen molar-refractivity contribution in [2.24, 2.45) is 0 Å². The van der Waals surface area contributed by atoms with Gasteiger partial charge in [-0.3, -0.25) is 4.79 Å². The summed E-state index contributed by atoms with van der Waals surface area (Å²) in [6.45, 7) is 0.266. The Labute approximate surface area is 90.2 Å². The van der Waals surface area contributed by atoms with Crippen molar-refractivity contribution in [2.45, 2.75) is 12.8 Å². The molecule has 0 unspecified atom stereocenters. The molecule has 0 spiro atoms. The average Bonchev–Trinajstić information content (AvgIpc) is 2.19. The third-order valence-electron chi connectivity index (χ3n) is 1.82. The van der Waals surface area contributed by atoms with E-state index in [4.69, 9.17) is 0 Å². The van der Waals surface area contributed by atoms with Crippen LogP contribution in [0.2, 0.25) is 0 Å². The topological polar surface area (TPSA) is 38.3 Å². The van der Waals surface area contributed by atoms with Crippen LogP contribution in [0.25, 0.3) is 0 Å². The summed E-state index contributed by atoms with van der Waals surface area (Å²) in [5.41, 5.74) is 0.397. The van der Waals surface area contributed by atoms with E-state index < -0.39 is 6.36 Å². The number of nitrogens with one attached hydrogen (secondary N) is 1. The molecule has 0 saturated carbocycles. The molecular formula is C10H10F3NO2. The summed E-state index contributed by atoms with van der Waals surface area (Å²) < 4.78 is 39.9. The van der Waals surface area contributed by atoms with E-state index in [9.17, 15) is 18.0 Å². The standard InChI is InChI=1S/C10H10F3NO2/c11-10(12,13)16-9-4-2-1-3-8(9)5-6-14-7-15/h1-4,7H,5-6H2,(H,14,15). The van der Waals surface area contributed by atoms with Gasteiger partial charge in [0.25, 0.3) is 0 Å². The maximum atomic E-state index is 12.0. The lowest BCUT2D eigenvalue weighted by Gasteiger charge is -2.12. The Morgan fingerprint density at radius 1 is 1.31 bits per heavy atom. The Kier molecular flexibility index (Phi) is 4.16. The lowest BCUT2D eigenvalue weighted by atomic mass is 10.1. The second kappa shape index (κ2) is 5.39. The molecule has 0 fully saturated rings. The molecule has 1 aromatic carbocycles. The predicted molar refractivity (Wildman–Crippen MR) is 50.9 cm³/mol. The van der Waals surface area contributed by atoms with E-state index in [2.05, 4.69) is 10.1 Å². The van der Waals surface area contributed by atoms with E-state index in [0.717, 1.165) is 0 Å². The number of alkyl halides is 3. The molecule has 1 amide bonds. The monoisotopic (exact) mass is 233 g/mol. The maximum absolute atomic E-state index is 12.0. The number of carbonyl (C=O) groups excluding carboxylic acids is 1. The first kappa shape index (κ1) is 12.4. The van der Waals surface area contributed by atoms with Gasteiger partial charge >= 0.3 is 6.36 Å². The van der Waals surface area contributed by atoms with Crippen molar-refractivity contribution in [3.63, 3.8) is 0 Å². The van der Waals surface area contributed by atoms with Crippen molar-refractivity contribution < 1.29 is 22.7 Å². The minimum absolute atomic E-state index is 0.234. The summed E-state index contributed by atoms with van der Waals surface area (Å²) >= 11 is 0. The highest BCUT2D eigenvalue weighted by atomic mass is 19.4. The van der Waals surface area contributed by atoms with Gasteiger partial charge in [-0.05, 0) is 18.1 Å². The molecule has 1 N–H and O–H groups in total. The molecular weight excluding hydrogens is 223 g/mol. The molecule has 0 atom stereocenters. The number of carbonyl (C=O) groups is 1.